The predicted molar refractivity (Wildman–Crippen MR) is 51.8 cm³/mol. The number of imidazole rings is 1. The lowest BCUT2D eigenvalue weighted by Gasteiger charge is -2.00. The van der Waals surface area contributed by atoms with Gasteiger partial charge in [0.05, 0.1) is 16.7 Å². The number of alkyl halides is 1. The first-order valence-electron chi connectivity index (χ1n) is 3.47. The Bertz CT molecular complexity index is 234. The molecular formula is C7H11IN2O. The van der Waals surface area contributed by atoms with Crippen LogP contribution in [-0.2, 0) is 11.0 Å². The Morgan fingerprint density at radius 1 is 1.73 bits per heavy atom. The van der Waals surface area contributed by atoms with E-state index >= 15 is 0 Å². The van der Waals surface area contributed by atoms with Crippen molar-refractivity contribution in [3.8, 4) is 0 Å². The molecular weight excluding hydrogens is 255 g/mol. The number of rotatable bonds is 3. The largest absolute Gasteiger partial charge is 0.395 e. The molecule has 0 spiro atoms. The van der Waals surface area contributed by atoms with Crippen LogP contribution in [0.1, 0.15) is 11.5 Å². The number of nitrogens with zero attached hydrogens (tertiary/aromatic N) is 2. The summed E-state index contributed by atoms with van der Waals surface area (Å²) in [5, 5.41) is 8.70. The van der Waals surface area contributed by atoms with Gasteiger partial charge in [-0.05, 0) is 6.92 Å². The molecule has 1 N–H and O–H groups in total. The van der Waals surface area contributed by atoms with Crippen LogP contribution in [-0.4, -0.2) is 21.3 Å². The average molecular weight is 266 g/mol. The Morgan fingerprint density at radius 2 is 2.45 bits per heavy atom. The van der Waals surface area contributed by atoms with E-state index in [-0.39, 0.29) is 6.61 Å². The van der Waals surface area contributed by atoms with Crippen molar-refractivity contribution in [2.45, 2.75) is 17.9 Å². The van der Waals surface area contributed by atoms with E-state index in [0.29, 0.717) is 6.54 Å². The summed E-state index contributed by atoms with van der Waals surface area (Å²) in [6.07, 6.45) is 1.96. The second-order valence-electron chi connectivity index (χ2n) is 2.35. The maximum absolute atomic E-state index is 8.70. The highest BCUT2D eigenvalue weighted by atomic mass is 127. The molecule has 4 heteroatoms. The molecule has 0 aliphatic rings. The molecule has 0 saturated carbocycles. The minimum absolute atomic E-state index is 0.180. The molecule has 0 saturated heterocycles. The molecule has 1 heterocycles. The van der Waals surface area contributed by atoms with Crippen molar-refractivity contribution in [2.24, 2.45) is 0 Å². The Balaban J connectivity index is 2.83. The first-order valence-corrected chi connectivity index (χ1v) is 5.00. The molecule has 0 radical (unpaired) electrons. The van der Waals surface area contributed by atoms with E-state index in [1.54, 1.807) is 0 Å². The molecule has 0 unspecified atom stereocenters. The van der Waals surface area contributed by atoms with Crippen molar-refractivity contribution in [3.63, 3.8) is 0 Å². The highest BCUT2D eigenvalue weighted by Gasteiger charge is 2.01. The summed E-state index contributed by atoms with van der Waals surface area (Å²) in [7, 11) is 0. The third-order valence-corrected chi connectivity index (χ3v) is 2.12. The molecule has 11 heavy (non-hydrogen) atoms. The van der Waals surface area contributed by atoms with Crippen LogP contribution in [0.15, 0.2) is 6.20 Å². The number of hydrogen-bond donors (Lipinski definition) is 1. The first kappa shape index (κ1) is 8.99. The fraction of sp³-hybridized carbons (Fsp3) is 0.571. The summed E-state index contributed by atoms with van der Waals surface area (Å²) in [5.41, 5.74) is 1.02. The van der Waals surface area contributed by atoms with E-state index in [1.807, 2.05) is 17.7 Å². The number of aromatic nitrogens is 2. The summed E-state index contributed by atoms with van der Waals surface area (Å²) in [5.74, 6) is 1.04. The molecule has 3 nitrogen and oxygen atoms in total. The minimum Gasteiger partial charge on any atom is -0.395 e. The number of aliphatic hydroxyl groups is 1. The van der Waals surface area contributed by atoms with Crippen LogP contribution < -0.4 is 0 Å². The van der Waals surface area contributed by atoms with Crippen molar-refractivity contribution < 1.29 is 5.11 Å². The summed E-state index contributed by atoms with van der Waals surface area (Å²) in [4.78, 5) is 4.29. The van der Waals surface area contributed by atoms with E-state index < -0.39 is 0 Å². The van der Waals surface area contributed by atoms with Gasteiger partial charge >= 0.3 is 0 Å². The lowest BCUT2D eigenvalue weighted by Crippen LogP contribution is -2.04. The van der Waals surface area contributed by atoms with Crippen molar-refractivity contribution >= 4 is 22.6 Å². The number of aliphatic hydroxyl groups excluding tert-OH is 1. The quantitative estimate of drug-likeness (QED) is 0.657. The van der Waals surface area contributed by atoms with Crippen molar-refractivity contribution in [3.05, 3.63) is 17.7 Å². The van der Waals surface area contributed by atoms with Crippen LogP contribution in [0, 0.1) is 6.92 Å². The van der Waals surface area contributed by atoms with Crippen LogP contribution in [0.3, 0.4) is 0 Å². The van der Waals surface area contributed by atoms with Gasteiger partial charge in [0, 0.05) is 12.7 Å². The van der Waals surface area contributed by atoms with E-state index in [4.69, 9.17) is 5.11 Å². The maximum Gasteiger partial charge on any atom is 0.118 e. The Labute approximate surface area is 79.6 Å². The molecule has 0 bridgehead atoms. The highest BCUT2D eigenvalue weighted by Crippen LogP contribution is 2.06. The Morgan fingerprint density at radius 3 is 3.00 bits per heavy atom. The van der Waals surface area contributed by atoms with Crippen molar-refractivity contribution in [2.75, 3.05) is 6.61 Å². The molecule has 0 aromatic carbocycles. The minimum atomic E-state index is 0.180. The standard InChI is InChI=1S/C7H11IN2O/c1-6-5-10(2-3-11)7(4-8)9-6/h5,11H,2-4H2,1H3. The molecule has 1 aromatic rings. The summed E-state index contributed by atoms with van der Waals surface area (Å²) in [6, 6.07) is 0. The zero-order valence-corrected chi connectivity index (χ0v) is 8.58. The molecule has 0 aliphatic heterocycles. The highest BCUT2D eigenvalue weighted by molar-refractivity contribution is 14.1. The van der Waals surface area contributed by atoms with E-state index in [0.717, 1.165) is 15.9 Å². The molecule has 62 valence electrons. The molecule has 1 aromatic heterocycles. The average Bonchev–Trinajstić information content (AvgIpc) is 2.32. The fourth-order valence-corrected chi connectivity index (χ4v) is 1.61. The first-order chi connectivity index (χ1) is 5.27. The van der Waals surface area contributed by atoms with Crippen LogP contribution in [0.4, 0.5) is 0 Å². The fourth-order valence-electron chi connectivity index (χ4n) is 1.00. The number of aryl methyl sites for hydroxylation is 1. The van der Waals surface area contributed by atoms with Crippen molar-refractivity contribution in [1.29, 1.82) is 0 Å². The topological polar surface area (TPSA) is 38.0 Å². The normalized spacial score (nSPS) is 10.5. The summed E-state index contributed by atoms with van der Waals surface area (Å²) in [6.45, 7) is 2.79. The molecule has 0 aliphatic carbocycles. The van der Waals surface area contributed by atoms with Crippen LogP contribution in [0.25, 0.3) is 0 Å². The molecule has 0 atom stereocenters. The smallest absolute Gasteiger partial charge is 0.118 e. The zero-order chi connectivity index (χ0) is 8.27. The third kappa shape index (κ3) is 2.16. The van der Waals surface area contributed by atoms with Gasteiger partial charge in [-0.15, -0.1) is 0 Å². The SMILES string of the molecule is Cc1cn(CCO)c(CI)n1. The van der Waals surface area contributed by atoms with Gasteiger partial charge in [0.15, 0.2) is 0 Å². The monoisotopic (exact) mass is 266 g/mol. The second-order valence-corrected chi connectivity index (χ2v) is 3.11. The number of hydrogen-bond acceptors (Lipinski definition) is 2. The van der Waals surface area contributed by atoms with Gasteiger partial charge in [-0.2, -0.15) is 0 Å². The van der Waals surface area contributed by atoms with Gasteiger partial charge in [0.2, 0.25) is 0 Å². The van der Waals surface area contributed by atoms with Crippen LogP contribution in [0.2, 0.25) is 0 Å². The van der Waals surface area contributed by atoms with Crippen LogP contribution >= 0.6 is 22.6 Å². The molecule has 0 amide bonds. The Kier molecular flexibility index (Phi) is 3.32. The van der Waals surface area contributed by atoms with E-state index in [2.05, 4.69) is 27.6 Å². The molecule has 0 fully saturated rings. The van der Waals surface area contributed by atoms with Crippen LogP contribution in [0.5, 0.6) is 0 Å². The molecule has 1 rings (SSSR count). The predicted octanol–water partition coefficient (Wildman–Crippen LogP) is 1.12. The third-order valence-electron chi connectivity index (χ3n) is 1.44. The van der Waals surface area contributed by atoms with Gasteiger partial charge in [-0.25, -0.2) is 4.98 Å². The van der Waals surface area contributed by atoms with Gasteiger partial charge in [-0.1, -0.05) is 22.6 Å². The van der Waals surface area contributed by atoms with E-state index in [9.17, 15) is 0 Å². The van der Waals surface area contributed by atoms with Gasteiger partial charge in [0.25, 0.3) is 0 Å². The number of halogens is 1. The lowest BCUT2D eigenvalue weighted by atomic mass is 10.5. The van der Waals surface area contributed by atoms with Gasteiger partial charge < -0.3 is 9.67 Å². The summed E-state index contributed by atoms with van der Waals surface area (Å²) >= 11 is 2.27. The van der Waals surface area contributed by atoms with Gasteiger partial charge in [-0.3, -0.25) is 0 Å². The maximum atomic E-state index is 8.70. The second kappa shape index (κ2) is 4.06. The van der Waals surface area contributed by atoms with Crippen molar-refractivity contribution in [1.82, 2.24) is 9.55 Å². The lowest BCUT2D eigenvalue weighted by molar-refractivity contribution is 0.274. The zero-order valence-electron chi connectivity index (χ0n) is 6.42. The Hall–Kier alpha value is -0.100. The van der Waals surface area contributed by atoms with Gasteiger partial charge in [0.1, 0.15) is 5.82 Å². The summed E-state index contributed by atoms with van der Waals surface area (Å²) < 4.78 is 2.88. The van der Waals surface area contributed by atoms with E-state index in [1.165, 1.54) is 0 Å².